The summed E-state index contributed by atoms with van der Waals surface area (Å²) in [5.41, 5.74) is -0.0730. The number of fused-ring (bicyclic) bond motifs is 6. The van der Waals surface area contributed by atoms with Crippen LogP contribution in [0.5, 0.6) is 40.2 Å². The van der Waals surface area contributed by atoms with Gasteiger partial charge in [0.25, 0.3) is 0 Å². The fraction of sp³-hybridized carbons (Fsp3) is 0.0714. The van der Waals surface area contributed by atoms with Gasteiger partial charge in [-0.2, -0.15) is 0 Å². The number of phenolic OH excluding ortho intramolecular Hbond substituents is 5. The summed E-state index contributed by atoms with van der Waals surface area (Å²) in [5.74, 6) is 0.472. The Labute approximate surface area is 326 Å². The first kappa shape index (κ1) is 41.6. The Balaban J connectivity index is 0.000000171. The molecule has 14 heteroatoms. The van der Waals surface area contributed by atoms with Crippen LogP contribution in [0.1, 0.15) is 17.8 Å². The average Bonchev–Trinajstić information content (AvgIpc) is 3.15. The molecule has 8 aromatic rings. The SMILES string of the molecule is C.COc1ccc(Br)c(C(=O)O)c1.COc1ccc2c(c1)c(=O)oc1cc(O)ccc12.O=c1oc2cc(O)ccc2c2ccc(O)cc12.Oc1cccc(O)c1. The molecule has 6 aromatic carbocycles. The fourth-order valence-electron chi connectivity index (χ4n) is 5.22. The molecule has 13 nitrogen and oxygen atoms in total. The van der Waals surface area contributed by atoms with Crippen LogP contribution >= 0.6 is 15.9 Å². The van der Waals surface area contributed by atoms with Gasteiger partial charge < -0.3 is 48.9 Å². The largest absolute Gasteiger partial charge is 0.508 e. The molecular weight excluding hydrogens is 792 g/mol. The maximum atomic E-state index is 11.9. The minimum absolute atomic E-state index is 0. The molecule has 0 aliphatic rings. The monoisotopic (exact) mass is 826 g/mol. The summed E-state index contributed by atoms with van der Waals surface area (Å²) in [6, 6.07) is 29.7. The highest BCUT2D eigenvalue weighted by molar-refractivity contribution is 9.10. The van der Waals surface area contributed by atoms with Gasteiger partial charge in [-0.15, -0.1) is 0 Å². The first-order valence-corrected chi connectivity index (χ1v) is 16.7. The smallest absolute Gasteiger partial charge is 0.344 e. The number of aromatic carboxylic acids is 1. The molecule has 8 rings (SSSR count). The second-order valence-corrected chi connectivity index (χ2v) is 12.3. The summed E-state index contributed by atoms with van der Waals surface area (Å²) in [6.07, 6.45) is 0. The molecule has 0 atom stereocenters. The van der Waals surface area contributed by atoms with Gasteiger partial charge in [-0.25, -0.2) is 14.4 Å². The lowest BCUT2D eigenvalue weighted by molar-refractivity contribution is 0.0695. The van der Waals surface area contributed by atoms with Gasteiger partial charge in [0, 0.05) is 44.2 Å². The molecule has 0 saturated heterocycles. The van der Waals surface area contributed by atoms with Gasteiger partial charge in [-0.3, -0.25) is 0 Å². The van der Waals surface area contributed by atoms with Crippen molar-refractivity contribution in [2.75, 3.05) is 14.2 Å². The first-order chi connectivity index (χ1) is 26.3. The minimum Gasteiger partial charge on any atom is -0.508 e. The topological polar surface area (TPSA) is 217 Å². The highest BCUT2D eigenvalue weighted by atomic mass is 79.9. The zero-order chi connectivity index (χ0) is 39.8. The van der Waals surface area contributed by atoms with E-state index in [0.29, 0.717) is 43.3 Å². The first-order valence-electron chi connectivity index (χ1n) is 15.9. The Morgan fingerprint density at radius 2 is 0.929 bits per heavy atom. The Bertz CT molecular complexity index is 2770. The van der Waals surface area contributed by atoms with Gasteiger partial charge in [0.1, 0.15) is 51.4 Å². The van der Waals surface area contributed by atoms with Crippen molar-refractivity contribution in [2.45, 2.75) is 7.43 Å². The van der Waals surface area contributed by atoms with Crippen LogP contribution in [-0.2, 0) is 0 Å². The number of benzene rings is 6. The van der Waals surface area contributed by atoms with Crippen LogP contribution in [0.3, 0.4) is 0 Å². The van der Waals surface area contributed by atoms with Crippen LogP contribution in [0.15, 0.2) is 138 Å². The number of halogens is 1. The van der Waals surface area contributed by atoms with E-state index in [-0.39, 0.29) is 41.7 Å². The number of carbonyl (C=O) groups is 1. The molecule has 0 unspecified atom stereocenters. The number of carboxylic acids is 1. The number of rotatable bonds is 3. The summed E-state index contributed by atoms with van der Waals surface area (Å²) < 4.78 is 20.8. The second kappa shape index (κ2) is 18.2. The number of methoxy groups -OCH3 is 2. The molecular formula is C42H35BrO13. The average molecular weight is 828 g/mol. The van der Waals surface area contributed by atoms with Crippen molar-refractivity contribution in [2.24, 2.45) is 0 Å². The third-order valence-corrected chi connectivity index (χ3v) is 8.51. The van der Waals surface area contributed by atoms with Crippen LogP contribution in [0.2, 0.25) is 0 Å². The number of carboxylic acid groups (broad SMARTS) is 1. The summed E-state index contributed by atoms with van der Waals surface area (Å²) in [6.45, 7) is 0. The quantitative estimate of drug-likeness (QED) is 0.0725. The van der Waals surface area contributed by atoms with Crippen LogP contribution in [0, 0.1) is 0 Å². The number of phenols is 5. The summed E-state index contributed by atoms with van der Waals surface area (Å²) in [5, 5.41) is 57.8. The maximum absolute atomic E-state index is 11.9. The zero-order valence-corrected chi connectivity index (χ0v) is 30.5. The molecule has 2 aromatic heterocycles. The highest BCUT2D eigenvalue weighted by Gasteiger charge is 2.11. The maximum Gasteiger partial charge on any atom is 0.344 e. The van der Waals surface area contributed by atoms with Crippen LogP contribution in [-0.4, -0.2) is 50.8 Å². The standard InChI is InChI=1S/C14H10O4.C13H8O4.C8H7BrO3.C6H6O2.CH4/c1-17-9-3-5-10-11-4-2-8(15)6-13(11)18-14(16)12(10)7-9;14-7-1-3-9-10-4-2-8(15)6-12(10)17-13(16)11(9)5-7;1-12-5-2-3-7(9)6(4-5)8(10)11;7-5-2-1-3-6(8)4-5;/h2-7,15H,1H3;1-6,14-15H;2-4H,1H3,(H,10,11);1-4,7-8H;1H4. The van der Waals surface area contributed by atoms with Crippen LogP contribution < -0.4 is 20.7 Å². The lowest BCUT2D eigenvalue weighted by Gasteiger charge is -2.04. The normalized spacial score (nSPS) is 10.2. The van der Waals surface area contributed by atoms with Gasteiger partial charge >= 0.3 is 17.2 Å². The molecule has 0 spiro atoms. The Morgan fingerprint density at radius 3 is 1.39 bits per heavy atom. The van der Waals surface area contributed by atoms with Crippen molar-refractivity contribution >= 4 is 65.4 Å². The van der Waals surface area contributed by atoms with E-state index in [1.807, 2.05) is 6.07 Å². The Hall–Kier alpha value is -7.19. The number of hydrogen-bond donors (Lipinski definition) is 6. The third-order valence-electron chi connectivity index (χ3n) is 7.82. The van der Waals surface area contributed by atoms with E-state index >= 15 is 0 Å². The van der Waals surface area contributed by atoms with Gasteiger partial charge in [-0.1, -0.05) is 13.5 Å². The van der Waals surface area contributed by atoms with Crippen molar-refractivity contribution in [1.82, 2.24) is 0 Å². The van der Waals surface area contributed by atoms with E-state index < -0.39 is 17.2 Å². The zero-order valence-electron chi connectivity index (χ0n) is 28.9. The molecule has 0 saturated carbocycles. The summed E-state index contributed by atoms with van der Waals surface area (Å²) in [4.78, 5) is 34.2. The van der Waals surface area contributed by atoms with E-state index in [2.05, 4.69) is 15.9 Å². The summed E-state index contributed by atoms with van der Waals surface area (Å²) in [7, 11) is 3.04. The van der Waals surface area contributed by atoms with Crippen molar-refractivity contribution in [3.8, 4) is 40.2 Å². The van der Waals surface area contributed by atoms with Crippen LogP contribution in [0.25, 0.3) is 43.5 Å². The molecule has 288 valence electrons. The summed E-state index contributed by atoms with van der Waals surface area (Å²) >= 11 is 3.12. The molecule has 0 fully saturated rings. The molecule has 0 aliphatic carbocycles. The molecule has 56 heavy (non-hydrogen) atoms. The van der Waals surface area contributed by atoms with Crippen molar-refractivity contribution < 1.29 is 53.7 Å². The van der Waals surface area contributed by atoms with Crippen LogP contribution in [0.4, 0.5) is 0 Å². The number of hydrogen-bond acceptors (Lipinski definition) is 12. The van der Waals surface area contributed by atoms with Crippen molar-refractivity contribution in [3.05, 3.63) is 146 Å². The molecule has 2 heterocycles. The van der Waals surface area contributed by atoms with E-state index in [1.165, 1.54) is 61.7 Å². The van der Waals surface area contributed by atoms with Gasteiger partial charge in [0.15, 0.2) is 0 Å². The molecule has 0 bridgehead atoms. The Morgan fingerprint density at radius 1 is 0.518 bits per heavy atom. The lowest BCUT2D eigenvalue weighted by atomic mass is 10.1. The molecule has 0 radical (unpaired) electrons. The van der Waals surface area contributed by atoms with Gasteiger partial charge in [0.05, 0.1) is 30.6 Å². The predicted molar refractivity (Wildman–Crippen MR) is 216 cm³/mol. The fourth-order valence-corrected chi connectivity index (χ4v) is 5.64. The number of aromatic hydroxyl groups is 5. The van der Waals surface area contributed by atoms with E-state index in [9.17, 15) is 29.7 Å². The Kier molecular flexibility index (Phi) is 13.5. The molecule has 0 aliphatic heterocycles. The van der Waals surface area contributed by atoms with E-state index in [0.717, 1.165) is 16.2 Å². The van der Waals surface area contributed by atoms with Gasteiger partial charge in [-0.05, 0) is 107 Å². The van der Waals surface area contributed by atoms with Crippen molar-refractivity contribution in [1.29, 1.82) is 0 Å². The minimum atomic E-state index is -0.972. The van der Waals surface area contributed by atoms with Gasteiger partial charge in [0.2, 0.25) is 0 Å². The van der Waals surface area contributed by atoms with E-state index in [4.69, 9.17) is 33.6 Å². The third kappa shape index (κ3) is 9.86. The highest BCUT2D eigenvalue weighted by Crippen LogP contribution is 2.29. The lowest BCUT2D eigenvalue weighted by Crippen LogP contribution is -2.00. The molecule has 0 amide bonds. The number of ether oxygens (including phenoxy) is 2. The van der Waals surface area contributed by atoms with E-state index in [1.54, 1.807) is 61.7 Å². The van der Waals surface area contributed by atoms with Crippen molar-refractivity contribution in [3.63, 3.8) is 0 Å². The molecule has 6 N–H and O–H groups in total. The predicted octanol–water partition coefficient (Wildman–Crippen LogP) is 8.91. The second-order valence-electron chi connectivity index (χ2n) is 11.5.